The highest BCUT2D eigenvalue weighted by atomic mass is 32.2. The molecule has 0 aliphatic carbocycles. The summed E-state index contributed by atoms with van der Waals surface area (Å²) in [5.74, 6) is -0.753. The summed E-state index contributed by atoms with van der Waals surface area (Å²) in [6, 6.07) is 17.4. The van der Waals surface area contributed by atoms with Crippen molar-refractivity contribution in [2.24, 2.45) is 0 Å². The fourth-order valence-corrected chi connectivity index (χ4v) is 5.06. The lowest BCUT2D eigenvalue weighted by atomic mass is 9.87. The molecule has 4 nitrogen and oxygen atoms in total. The third-order valence-corrected chi connectivity index (χ3v) is 7.08. The average Bonchev–Trinajstić information content (AvgIpc) is 2.69. The van der Waals surface area contributed by atoms with Crippen LogP contribution in [0.2, 0.25) is 0 Å². The largest absolute Gasteiger partial charge is 0.480 e. The predicted octanol–water partition coefficient (Wildman–Crippen LogP) is 5.51. The highest BCUT2D eigenvalue weighted by Gasteiger charge is 2.35. The Balaban J connectivity index is 1.81. The Morgan fingerprint density at radius 2 is 1.67 bits per heavy atom. The van der Waals surface area contributed by atoms with E-state index in [0.717, 1.165) is 13.1 Å². The summed E-state index contributed by atoms with van der Waals surface area (Å²) in [4.78, 5) is 18.5. The molecule has 0 saturated carbocycles. The lowest BCUT2D eigenvalue weighted by molar-refractivity contribution is -0.143. The maximum Gasteiger partial charge on any atom is 0.320 e. The lowest BCUT2D eigenvalue weighted by Crippen LogP contribution is -2.60. The van der Waals surface area contributed by atoms with Gasteiger partial charge in [-0.25, -0.2) is 0 Å². The van der Waals surface area contributed by atoms with Gasteiger partial charge in [0.25, 0.3) is 0 Å². The molecule has 1 heterocycles. The third kappa shape index (κ3) is 5.01. The lowest BCUT2D eigenvalue weighted by Gasteiger charge is -2.47. The normalized spacial score (nSPS) is 21.5. The maximum absolute atomic E-state index is 11.5. The Labute approximate surface area is 185 Å². The third-order valence-electron chi connectivity index (χ3n) is 6.01. The van der Waals surface area contributed by atoms with Gasteiger partial charge in [-0.15, -0.1) is 0 Å². The first-order chi connectivity index (χ1) is 14.1. The summed E-state index contributed by atoms with van der Waals surface area (Å²) in [6.45, 7) is 14.4. The van der Waals surface area contributed by atoms with Crippen LogP contribution in [0.3, 0.4) is 0 Å². The molecule has 1 saturated heterocycles. The molecule has 162 valence electrons. The molecule has 5 heteroatoms. The van der Waals surface area contributed by atoms with Crippen LogP contribution in [0.25, 0.3) is 0 Å². The van der Waals surface area contributed by atoms with Crippen LogP contribution in [-0.4, -0.2) is 47.2 Å². The van der Waals surface area contributed by atoms with E-state index in [0.29, 0.717) is 0 Å². The number of aliphatic carboxylic acids is 1. The zero-order valence-corrected chi connectivity index (χ0v) is 19.7. The maximum atomic E-state index is 11.5. The molecule has 1 N–H and O–H groups in total. The van der Waals surface area contributed by atoms with Crippen LogP contribution in [0, 0.1) is 0 Å². The van der Waals surface area contributed by atoms with Crippen molar-refractivity contribution in [1.29, 1.82) is 0 Å². The van der Waals surface area contributed by atoms with E-state index in [-0.39, 0.29) is 17.5 Å². The van der Waals surface area contributed by atoms with E-state index in [1.807, 2.05) is 0 Å². The monoisotopic (exact) mass is 426 g/mol. The summed E-state index contributed by atoms with van der Waals surface area (Å²) in [7, 11) is 0. The van der Waals surface area contributed by atoms with Crippen molar-refractivity contribution in [3.63, 3.8) is 0 Å². The summed E-state index contributed by atoms with van der Waals surface area (Å²) in [5.41, 5.74) is 2.72. The van der Waals surface area contributed by atoms with Crippen LogP contribution in [0.4, 0.5) is 5.69 Å². The van der Waals surface area contributed by atoms with Crippen molar-refractivity contribution in [2.45, 2.75) is 74.9 Å². The molecule has 0 spiro atoms. The summed E-state index contributed by atoms with van der Waals surface area (Å²) >= 11 is 1.79. The van der Waals surface area contributed by atoms with E-state index in [1.54, 1.807) is 18.7 Å². The minimum absolute atomic E-state index is 0.152. The van der Waals surface area contributed by atoms with E-state index in [4.69, 9.17) is 0 Å². The van der Waals surface area contributed by atoms with Gasteiger partial charge in [-0.2, -0.15) is 0 Å². The molecule has 0 aromatic heterocycles. The number of nitrogens with zero attached hydrogens (tertiary/aromatic N) is 2. The predicted molar refractivity (Wildman–Crippen MR) is 126 cm³/mol. The molecule has 30 heavy (non-hydrogen) atoms. The first kappa shape index (κ1) is 22.7. The fraction of sp³-hybridized carbons (Fsp3) is 0.480. The Morgan fingerprint density at radius 3 is 2.27 bits per heavy atom. The smallest absolute Gasteiger partial charge is 0.320 e. The molecular formula is C25H34N2O2S. The van der Waals surface area contributed by atoms with E-state index in [2.05, 4.69) is 92.9 Å². The van der Waals surface area contributed by atoms with Gasteiger partial charge in [0.15, 0.2) is 0 Å². The molecule has 2 aromatic rings. The second-order valence-electron chi connectivity index (χ2n) is 9.41. The quantitative estimate of drug-likeness (QED) is 0.683. The van der Waals surface area contributed by atoms with Crippen molar-refractivity contribution >= 4 is 23.4 Å². The van der Waals surface area contributed by atoms with Crippen LogP contribution in [0.5, 0.6) is 0 Å². The summed E-state index contributed by atoms with van der Waals surface area (Å²) < 4.78 is 0. The van der Waals surface area contributed by atoms with Gasteiger partial charge in [0.2, 0.25) is 0 Å². The fourth-order valence-electron chi connectivity index (χ4n) is 4.10. The summed E-state index contributed by atoms with van der Waals surface area (Å²) in [5, 5.41) is 9.44. The van der Waals surface area contributed by atoms with Gasteiger partial charge in [-0.05, 0) is 56.0 Å². The zero-order chi connectivity index (χ0) is 22.1. The number of hydrogen-bond acceptors (Lipinski definition) is 4. The molecular weight excluding hydrogens is 392 g/mol. The minimum atomic E-state index is -0.753. The van der Waals surface area contributed by atoms with Gasteiger partial charge in [0, 0.05) is 35.0 Å². The van der Waals surface area contributed by atoms with Gasteiger partial charge in [0.05, 0.1) is 5.69 Å². The molecule has 1 fully saturated rings. The Hall–Kier alpha value is -1.98. The van der Waals surface area contributed by atoms with Crippen LogP contribution in [0.15, 0.2) is 58.3 Å². The molecule has 3 rings (SSSR count). The molecule has 0 amide bonds. The molecule has 3 atom stereocenters. The van der Waals surface area contributed by atoms with Gasteiger partial charge in [-0.1, -0.05) is 56.8 Å². The number of carbonyl (C=O) groups is 1. The number of anilines is 1. The zero-order valence-electron chi connectivity index (χ0n) is 18.9. The van der Waals surface area contributed by atoms with Crippen LogP contribution in [0.1, 0.15) is 47.1 Å². The van der Waals surface area contributed by atoms with Gasteiger partial charge in [-0.3, -0.25) is 9.69 Å². The number of rotatable bonds is 5. The molecule has 1 aliphatic heterocycles. The van der Waals surface area contributed by atoms with Crippen LogP contribution < -0.4 is 4.90 Å². The standard InChI is InChI=1S/C25H34N2O2S/c1-17-16-27(18(2)15-26(17)19(3)24(28)29)22-9-7-8-10-23(22)30-21-13-11-20(12-14-21)25(4,5)6/h7-14,17-19H,15-16H2,1-6H3,(H,28,29). The van der Waals surface area contributed by atoms with E-state index >= 15 is 0 Å². The number of hydrogen-bond donors (Lipinski definition) is 1. The summed E-state index contributed by atoms with van der Waals surface area (Å²) in [6.07, 6.45) is 0. The van der Waals surface area contributed by atoms with Gasteiger partial charge < -0.3 is 10.0 Å². The first-order valence-corrected chi connectivity index (χ1v) is 11.5. The minimum Gasteiger partial charge on any atom is -0.480 e. The van der Waals surface area contributed by atoms with Crippen molar-refractivity contribution in [2.75, 3.05) is 18.0 Å². The van der Waals surface area contributed by atoms with Crippen LogP contribution >= 0.6 is 11.8 Å². The number of carboxylic acids is 1. The Kier molecular flexibility index (Phi) is 6.83. The van der Waals surface area contributed by atoms with Gasteiger partial charge >= 0.3 is 5.97 Å². The van der Waals surface area contributed by atoms with Crippen molar-refractivity contribution < 1.29 is 9.90 Å². The number of para-hydroxylation sites is 1. The van der Waals surface area contributed by atoms with Crippen molar-refractivity contribution in [3.8, 4) is 0 Å². The van der Waals surface area contributed by atoms with E-state index in [9.17, 15) is 9.90 Å². The topological polar surface area (TPSA) is 43.8 Å². The number of benzene rings is 2. The Bertz CT molecular complexity index is 875. The van der Waals surface area contributed by atoms with Crippen molar-refractivity contribution in [1.82, 2.24) is 4.90 Å². The van der Waals surface area contributed by atoms with E-state index < -0.39 is 12.0 Å². The molecule has 0 bridgehead atoms. The van der Waals surface area contributed by atoms with Gasteiger partial charge in [0.1, 0.15) is 6.04 Å². The first-order valence-electron chi connectivity index (χ1n) is 10.7. The second kappa shape index (κ2) is 9.03. The molecule has 1 aliphatic rings. The second-order valence-corrected chi connectivity index (χ2v) is 10.5. The Morgan fingerprint density at radius 1 is 1.03 bits per heavy atom. The number of piperazine rings is 1. The number of carboxylic acid groups (broad SMARTS) is 1. The molecule has 0 radical (unpaired) electrons. The molecule has 2 aromatic carbocycles. The average molecular weight is 427 g/mol. The van der Waals surface area contributed by atoms with Crippen molar-refractivity contribution in [3.05, 3.63) is 54.1 Å². The highest BCUT2D eigenvalue weighted by molar-refractivity contribution is 7.99. The highest BCUT2D eigenvalue weighted by Crippen LogP contribution is 2.38. The SMILES string of the molecule is CC1CN(C(C)C(=O)O)C(C)CN1c1ccccc1Sc1ccc(C(C)(C)C)cc1. The molecule has 3 unspecified atom stereocenters. The van der Waals surface area contributed by atoms with Crippen LogP contribution in [-0.2, 0) is 10.2 Å². The van der Waals surface area contributed by atoms with E-state index in [1.165, 1.54) is 21.0 Å².